The highest BCUT2D eigenvalue weighted by Gasteiger charge is 2.35. The summed E-state index contributed by atoms with van der Waals surface area (Å²) in [6.07, 6.45) is 4.12. The maximum atomic E-state index is 13.6. The van der Waals surface area contributed by atoms with Crippen molar-refractivity contribution in [3.63, 3.8) is 0 Å². The van der Waals surface area contributed by atoms with Gasteiger partial charge < -0.3 is 26.0 Å². The Morgan fingerprint density at radius 1 is 1.05 bits per heavy atom. The van der Waals surface area contributed by atoms with Crippen molar-refractivity contribution in [3.05, 3.63) is 71.2 Å². The number of rotatable bonds is 8. The van der Waals surface area contributed by atoms with E-state index in [1.54, 1.807) is 24.2 Å². The van der Waals surface area contributed by atoms with E-state index in [0.717, 1.165) is 36.0 Å². The van der Waals surface area contributed by atoms with Gasteiger partial charge in [0.05, 0.1) is 29.0 Å². The van der Waals surface area contributed by atoms with Gasteiger partial charge in [-0.05, 0) is 75.2 Å². The van der Waals surface area contributed by atoms with E-state index in [1.807, 2.05) is 55.5 Å². The zero-order chi connectivity index (χ0) is 28.5. The van der Waals surface area contributed by atoms with Crippen LogP contribution in [-0.4, -0.2) is 48.5 Å². The first-order valence-electron chi connectivity index (χ1n) is 13.5. The van der Waals surface area contributed by atoms with Crippen LogP contribution in [0.25, 0.3) is 10.2 Å². The molecule has 0 saturated heterocycles. The molecule has 1 aliphatic heterocycles. The van der Waals surface area contributed by atoms with Gasteiger partial charge in [-0.1, -0.05) is 18.2 Å². The Balaban J connectivity index is 1.28. The van der Waals surface area contributed by atoms with Gasteiger partial charge >= 0.3 is 6.03 Å². The Bertz CT molecular complexity index is 1640. The molecular formula is C30H30N6O4S. The van der Waals surface area contributed by atoms with Crippen LogP contribution < -0.4 is 30.9 Å². The molecule has 10 nitrogen and oxygen atoms in total. The third-order valence-electron chi connectivity index (χ3n) is 7.36. The summed E-state index contributed by atoms with van der Waals surface area (Å²) in [5.41, 5.74) is 2.66. The molecule has 41 heavy (non-hydrogen) atoms. The van der Waals surface area contributed by atoms with E-state index >= 15 is 0 Å². The lowest BCUT2D eigenvalue weighted by Crippen LogP contribution is -2.50. The Labute approximate surface area is 241 Å². The summed E-state index contributed by atoms with van der Waals surface area (Å²) < 4.78 is 5.97. The summed E-state index contributed by atoms with van der Waals surface area (Å²) in [5, 5.41) is 12.6. The molecule has 1 aliphatic carbocycles. The molecule has 11 heteroatoms. The van der Waals surface area contributed by atoms with Gasteiger partial charge in [-0.15, -0.1) is 11.3 Å². The van der Waals surface area contributed by atoms with Crippen LogP contribution in [0.2, 0.25) is 0 Å². The zero-order valence-corrected chi connectivity index (χ0v) is 23.5. The molecule has 4 amide bonds. The van der Waals surface area contributed by atoms with Gasteiger partial charge in [-0.3, -0.25) is 14.5 Å². The zero-order valence-electron chi connectivity index (χ0n) is 22.7. The number of amides is 4. The summed E-state index contributed by atoms with van der Waals surface area (Å²) >= 11 is 1.24. The number of carbonyl (C=O) groups excluding carboxylic acids is 3. The van der Waals surface area contributed by atoms with Gasteiger partial charge in [0.2, 0.25) is 5.91 Å². The lowest BCUT2D eigenvalue weighted by Gasteiger charge is -2.29. The molecule has 1 saturated carbocycles. The van der Waals surface area contributed by atoms with Gasteiger partial charge in [0, 0.05) is 18.3 Å². The summed E-state index contributed by atoms with van der Waals surface area (Å²) in [4.78, 5) is 46.4. The maximum absolute atomic E-state index is 13.6. The fourth-order valence-electron chi connectivity index (χ4n) is 5.51. The number of hydrogen-bond donors (Lipinski definition) is 4. The maximum Gasteiger partial charge on any atom is 0.331 e. The smallest absolute Gasteiger partial charge is 0.331 e. The lowest BCUT2D eigenvalue weighted by molar-refractivity contribution is -0.120. The number of likely N-dealkylation sites (N-methyl/N-ethyl adjacent to an activating group) is 1. The molecule has 1 fully saturated rings. The third kappa shape index (κ3) is 5.21. The molecule has 2 aromatic heterocycles. The minimum Gasteiger partial charge on any atom is -0.457 e. The fraction of sp³-hybridized carbons (Fsp3) is 0.267. The first-order valence-corrected chi connectivity index (χ1v) is 14.4. The largest absolute Gasteiger partial charge is 0.457 e. The van der Waals surface area contributed by atoms with Crippen molar-refractivity contribution in [1.29, 1.82) is 0 Å². The molecular weight excluding hydrogens is 540 g/mol. The molecule has 0 unspecified atom stereocenters. The average Bonchev–Trinajstić information content (AvgIpc) is 3.55. The lowest BCUT2D eigenvalue weighted by atomic mass is 10.1. The molecule has 2 atom stereocenters. The number of benzene rings is 2. The predicted molar refractivity (Wildman–Crippen MR) is 159 cm³/mol. The highest BCUT2D eigenvalue weighted by molar-refractivity contribution is 7.21. The van der Waals surface area contributed by atoms with Crippen LogP contribution in [0.1, 0.15) is 34.5 Å². The van der Waals surface area contributed by atoms with Crippen molar-refractivity contribution in [2.45, 2.75) is 38.3 Å². The summed E-state index contributed by atoms with van der Waals surface area (Å²) in [6.45, 7) is 2.14. The summed E-state index contributed by atoms with van der Waals surface area (Å²) in [7, 11) is 1.72. The number of aryl methyl sites for hydroxylation is 1. The quantitative estimate of drug-likeness (QED) is 0.235. The monoisotopic (exact) mass is 570 g/mol. The SMILES string of the molecule is CNCC(=O)N[C@@H]1CCC[C@H]1NC(=O)c1sc2nccc3c2c1NC(=O)N3c1ccc(Oc2ccccc2)cc1C. The van der Waals surface area contributed by atoms with Gasteiger partial charge in [0.25, 0.3) is 5.91 Å². The van der Waals surface area contributed by atoms with Crippen LogP contribution in [0.5, 0.6) is 11.5 Å². The van der Waals surface area contributed by atoms with Crippen LogP contribution in [0.3, 0.4) is 0 Å². The Morgan fingerprint density at radius 3 is 2.59 bits per heavy atom. The van der Waals surface area contributed by atoms with E-state index < -0.39 is 0 Å². The Morgan fingerprint density at radius 2 is 1.83 bits per heavy atom. The highest BCUT2D eigenvalue weighted by atomic mass is 32.1. The van der Waals surface area contributed by atoms with E-state index in [2.05, 4.69) is 26.3 Å². The number of thiophene rings is 1. The number of nitrogens with zero attached hydrogens (tertiary/aromatic N) is 2. The first-order chi connectivity index (χ1) is 19.9. The van der Waals surface area contributed by atoms with Crippen LogP contribution in [-0.2, 0) is 4.79 Å². The van der Waals surface area contributed by atoms with E-state index in [-0.39, 0.29) is 36.5 Å². The number of ether oxygens (including phenoxy) is 1. The molecule has 3 heterocycles. The molecule has 6 rings (SSSR count). The number of urea groups is 1. The summed E-state index contributed by atoms with van der Waals surface area (Å²) in [6, 6.07) is 16.2. The predicted octanol–water partition coefficient (Wildman–Crippen LogP) is 5.07. The van der Waals surface area contributed by atoms with E-state index in [1.165, 1.54) is 11.3 Å². The first kappa shape index (κ1) is 26.7. The minimum atomic E-state index is -0.365. The fourth-order valence-corrected chi connectivity index (χ4v) is 6.53. The minimum absolute atomic E-state index is 0.105. The standard InChI is InChI=1S/C30H30N6O4S/c1-17-15-19(40-18-7-4-3-5-8-18)11-12-22(17)36-23-13-14-32-29-25(23)26(35-30(36)39)27(41-29)28(38)34-21-10-6-9-20(21)33-24(37)16-31-2/h3-5,7-8,11-15,20-21,31H,6,9-10,16H2,1-2H3,(H,33,37)(H,34,38)(H,35,39)/t20-,21-/m1/s1. The van der Waals surface area contributed by atoms with Crippen molar-refractivity contribution < 1.29 is 19.1 Å². The Hall–Kier alpha value is -4.48. The van der Waals surface area contributed by atoms with Crippen LogP contribution in [0.15, 0.2) is 60.8 Å². The van der Waals surface area contributed by atoms with Crippen molar-refractivity contribution in [2.75, 3.05) is 23.8 Å². The number of pyridine rings is 1. The van der Waals surface area contributed by atoms with Crippen molar-refractivity contribution in [3.8, 4) is 11.5 Å². The van der Waals surface area contributed by atoms with Gasteiger partial charge in [-0.25, -0.2) is 9.78 Å². The molecule has 2 aliphatic rings. The number of carbonyl (C=O) groups is 3. The van der Waals surface area contributed by atoms with Crippen molar-refractivity contribution in [2.24, 2.45) is 0 Å². The number of hydrogen-bond acceptors (Lipinski definition) is 7. The summed E-state index contributed by atoms with van der Waals surface area (Å²) in [5.74, 6) is 0.995. The topological polar surface area (TPSA) is 125 Å². The normalized spacial score (nSPS) is 17.8. The molecule has 4 aromatic rings. The molecule has 4 N–H and O–H groups in total. The second kappa shape index (κ2) is 11.2. The molecule has 0 bridgehead atoms. The van der Waals surface area contributed by atoms with Crippen LogP contribution in [0, 0.1) is 6.92 Å². The highest BCUT2D eigenvalue weighted by Crippen LogP contribution is 2.46. The van der Waals surface area contributed by atoms with Gasteiger partial charge in [-0.2, -0.15) is 0 Å². The third-order valence-corrected chi connectivity index (χ3v) is 8.45. The van der Waals surface area contributed by atoms with Crippen molar-refractivity contribution >= 4 is 56.5 Å². The average molecular weight is 571 g/mol. The Kier molecular flexibility index (Phi) is 7.29. The molecule has 0 spiro atoms. The number of aromatic nitrogens is 1. The van der Waals surface area contributed by atoms with Crippen LogP contribution in [0.4, 0.5) is 21.9 Å². The van der Waals surface area contributed by atoms with Crippen LogP contribution >= 0.6 is 11.3 Å². The second-order valence-electron chi connectivity index (χ2n) is 10.2. The number of nitrogens with one attached hydrogen (secondary N) is 4. The van der Waals surface area contributed by atoms with Gasteiger partial charge in [0.1, 0.15) is 21.2 Å². The molecule has 210 valence electrons. The van der Waals surface area contributed by atoms with Crippen molar-refractivity contribution in [1.82, 2.24) is 20.9 Å². The van der Waals surface area contributed by atoms with Gasteiger partial charge in [0.15, 0.2) is 0 Å². The molecule has 0 radical (unpaired) electrons. The molecule has 2 aromatic carbocycles. The van der Waals surface area contributed by atoms with E-state index in [9.17, 15) is 14.4 Å². The second-order valence-corrected chi connectivity index (χ2v) is 11.2. The number of anilines is 3. The number of para-hydroxylation sites is 1. The van der Waals surface area contributed by atoms with E-state index in [4.69, 9.17) is 4.74 Å². The van der Waals surface area contributed by atoms with E-state index in [0.29, 0.717) is 32.5 Å².